The van der Waals surface area contributed by atoms with E-state index < -0.39 is 0 Å². The molecule has 0 radical (unpaired) electrons. The van der Waals surface area contributed by atoms with Gasteiger partial charge in [-0.25, -0.2) is 4.98 Å². The Kier molecular flexibility index (Phi) is 4.89. The van der Waals surface area contributed by atoms with Crippen molar-refractivity contribution in [3.8, 4) is 5.69 Å². The van der Waals surface area contributed by atoms with Gasteiger partial charge in [-0.1, -0.05) is 0 Å². The molecule has 4 rings (SSSR count). The van der Waals surface area contributed by atoms with Gasteiger partial charge >= 0.3 is 0 Å². The number of benzene rings is 1. The van der Waals surface area contributed by atoms with Crippen molar-refractivity contribution in [1.82, 2.24) is 29.2 Å². The van der Waals surface area contributed by atoms with E-state index in [4.69, 9.17) is 12.2 Å². The Hall–Kier alpha value is -2.74. The van der Waals surface area contributed by atoms with Crippen LogP contribution in [0.4, 0.5) is 0 Å². The topological polar surface area (TPSA) is 71.7 Å². The first-order valence-electron chi connectivity index (χ1n) is 9.20. The standard InChI is InChI=1S/C19H22N6OS/c1-2-25-17(21-22-19(25)27)15-4-3-10-23(12-15)18(26)14-5-7-16(8-6-14)24-11-9-20-13-24/h5-9,11,13,15H,2-4,10,12H2,1H3,(H,22,27). The van der Waals surface area contributed by atoms with Crippen molar-refractivity contribution < 1.29 is 4.79 Å². The lowest BCUT2D eigenvalue weighted by Crippen LogP contribution is -2.39. The Balaban J connectivity index is 1.51. The van der Waals surface area contributed by atoms with Crippen molar-refractivity contribution in [3.05, 3.63) is 59.1 Å². The Bertz CT molecular complexity index is 973. The van der Waals surface area contributed by atoms with Gasteiger partial charge in [0.05, 0.1) is 6.33 Å². The highest BCUT2D eigenvalue weighted by atomic mass is 32.1. The Morgan fingerprint density at radius 1 is 1.33 bits per heavy atom. The first-order chi connectivity index (χ1) is 13.2. The minimum atomic E-state index is 0.0639. The summed E-state index contributed by atoms with van der Waals surface area (Å²) < 4.78 is 4.58. The zero-order valence-electron chi connectivity index (χ0n) is 15.2. The van der Waals surface area contributed by atoms with Crippen molar-refractivity contribution in [2.75, 3.05) is 13.1 Å². The summed E-state index contributed by atoms with van der Waals surface area (Å²) >= 11 is 5.30. The van der Waals surface area contributed by atoms with Crippen LogP contribution in [0.1, 0.15) is 41.9 Å². The van der Waals surface area contributed by atoms with Crippen LogP contribution in [0, 0.1) is 4.77 Å². The second-order valence-electron chi connectivity index (χ2n) is 6.74. The SMILES string of the molecule is CCn1c(C2CCCN(C(=O)c3ccc(-n4ccnc4)cc3)C2)n[nH]c1=S. The molecule has 0 spiro atoms. The lowest BCUT2D eigenvalue weighted by molar-refractivity contribution is 0.0703. The number of carbonyl (C=O) groups excluding carboxylic acids is 1. The van der Waals surface area contributed by atoms with Gasteiger partial charge in [-0.15, -0.1) is 0 Å². The number of piperidine rings is 1. The quantitative estimate of drug-likeness (QED) is 0.704. The number of imidazole rings is 1. The molecule has 3 aromatic rings. The molecule has 1 saturated heterocycles. The molecule has 2 aromatic heterocycles. The molecule has 1 aliphatic rings. The first-order valence-corrected chi connectivity index (χ1v) is 9.61. The molecular formula is C19H22N6OS. The number of likely N-dealkylation sites (tertiary alicyclic amines) is 1. The molecule has 0 aliphatic carbocycles. The number of nitrogens with one attached hydrogen (secondary N) is 1. The molecule has 1 amide bonds. The highest BCUT2D eigenvalue weighted by molar-refractivity contribution is 7.71. The van der Waals surface area contributed by atoms with Gasteiger partial charge in [0.2, 0.25) is 0 Å². The summed E-state index contributed by atoms with van der Waals surface area (Å²) in [6.45, 7) is 4.28. The molecule has 1 atom stereocenters. The van der Waals surface area contributed by atoms with Gasteiger partial charge in [0.1, 0.15) is 5.82 Å². The van der Waals surface area contributed by atoms with Crippen molar-refractivity contribution in [2.45, 2.75) is 32.2 Å². The highest BCUT2D eigenvalue weighted by Crippen LogP contribution is 2.27. The van der Waals surface area contributed by atoms with E-state index >= 15 is 0 Å². The minimum absolute atomic E-state index is 0.0639. The smallest absolute Gasteiger partial charge is 0.253 e. The molecule has 1 N–H and O–H groups in total. The summed E-state index contributed by atoms with van der Waals surface area (Å²) in [5.41, 5.74) is 1.69. The van der Waals surface area contributed by atoms with Crippen LogP contribution in [0.15, 0.2) is 43.0 Å². The number of carbonyl (C=O) groups is 1. The van der Waals surface area contributed by atoms with E-state index in [1.165, 1.54) is 0 Å². The molecule has 7 nitrogen and oxygen atoms in total. The van der Waals surface area contributed by atoms with Crippen LogP contribution in [-0.2, 0) is 6.54 Å². The number of hydrogen-bond donors (Lipinski definition) is 1. The summed E-state index contributed by atoms with van der Waals surface area (Å²) in [5.74, 6) is 1.23. The van der Waals surface area contributed by atoms with E-state index in [1.54, 1.807) is 12.5 Å². The van der Waals surface area contributed by atoms with Gasteiger partial charge < -0.3 is 14.0 Å². The second kappa shape index (κ2) is 7.48. The molecule has 0 saturated carbocycles. The third-order valence-electron chi connectivity index (χ3n) is 5.09. The summed E-state index contributed by atoms with van der Waals surface area (Å²) in [4.78, 5) is 19.0. The van der Waals surface area contributed by atoms with Gasteiger partial charge in [-0.05, 0) is 56.2 Å². The molecule has 3 heterocycles. The maximum atomic E-state index is 13.0. The van der Waals surface area contributed by atoms with Crippen LogP contribution < -0.4 is 0 Å². The molecule has 0 bridgehead atoms. The average molecular weight is 382 g/mol. The van der Waals surface area contributed by atoms with E-state index in [2.05, 4.69) is 22.1 Å². The predicted octanol–water partition coefficient (Wildman–Crippen LogP) is 3.17. The fourth-order valence-electron chi connectivity index (χ4n) is 3.69. The van der Waals surface area contributed by atoms with Gasteiger partial charge in [-0.2, -0.15) is 5.10 Å². The van der Waals surface area contributed by atoms with Crippen LogP contribution in [0.5, 0.6) is 0 Å². The zero-order chi connectivity index (χ0) is 18.8. The molecule has 140 valence electrons. The molecular weight excluding hydrogens is 360 g/mol. The third-order valence-corrected chi connectivity index (χ3v) is 5.41. The van der Waals surface area contributed by atoms with E-state index in [0.29, 0.717) is 16.9 Å². The lowest BCUT2D eigenvalue weighted by atomic mass is 9.96. The van der Waals surface area contributed by atoms with Crippen molar-refractivity contribution in [2.24, 2.45) is 0 Å². The van der Waals surface area contributed by atoms with Crippen LogP contribution >= 0.6 is 12.2 Å². The number of rotatable bonds is 4. The van der Waals surface area contributed by atoms with Crippen LogP contribution in [-0.4, -0.2) is 48.2 Å². The molecule has 1 aliphatic heterocycles. The number of amides is 1. The average Bonchev–Trinajstić information content (AvgIpc) is 3.37. The maximum Gasteiger partial charge on any atom is 0.253 e. The molecule has 1 fully saturated rings. The monoisotopic (exact) mass is 382 g/mol. The van der Waals surface area contributed by atoms with Crippen molar-refractivity contribution in [1.29, 1.82) is 0 Å². The Labute approximate surface area is 162 Å². The van der Waals surface area contributed by atoms with Gasteiger partial charge in [0.15, 0.2) is 4.77 Å². The summed E-state index contributed by atoms with van der Waals surface area (Å²) in [5, 5.41) is 7.30. The number of H-pyrrole nitrogens is 1. The fraction of sp³-hybridized carbons (Fsp3) is 0.368. The maximum absolute atomic E-state index is 13.0. The van der Waals surface area contributed by atoms with Gasteiger partial charge in [0.25, 0.3) is 5.91 Å². The van der Waals surface area contributed by atoms with Crippen LogP contribution in [0.25, 0.3) is 5.69 Å². The Morgan fingerprint density at radius 2 is 2.15 bits per heavy atom. The number of hydrogen-bond acceptors (Lipinski definition) is 4. The van der Waals surface area contributed by atoms with Crippen LogP contribution in [0.2, 0.25) is 0 Å². The minimum Gasteiger partial charge on any atom is -0.338 e. The van der Waals surface area contributed by atoms with E-state index in [9.17, 15) is 4.79 Å². The normalized spacial score (nSPS) is 17.2. The van der Waals surface area contributed by atoms with Crippen LogP contribution in [0.3, 0.4) is 0 Å². The van der Waals surface area contributed by atoms with E-state index in [1.807, 2.05) is 44.5 Å². The molecule has 27 heavy (non-hydrogen) atoms. The number of nitrogens with zero attached hydrogens (tertiary/aromatic N) is 5. The third kappa shape index (κ3) is 3.44. The van der Waals surface area contributed by atoms with Crippen molar-refractivity contribution in [3.63, 3.8) is 0 Å². The van der Waals surface area contributed by atoms with Gasteiger partial charge in [0, 0.05) is 49.2 Å². The highest BCUT2D eigenvalue weighted by Gasteiger charge is 2.28. The summed E-state index contributed by atoms with van der Waals surface area (Å²) in [7, 11) is 0. The predicted molar refractivity (Wildman–Crippen MR) is 105 cm³/mol. The number of aromatic amines is 1. The van der Waals surface area contributed by atoms with E-state index in [0.717, 1.165) is 37.4 Å². The molecule has 1 unspecified atom stereocenters. The van der Waals surface area contributed by atoms with E-state index in [-0.39, 0.29) is 11.8 Å². The second-order valence-corrected chi connectivity index (χ2v) is 7.13. The fourth-order valence-corrected chi connectivity index (χ4v) is 3.96. The largest absolute Gasteiger partial charge is 0.338 e. The number of aromatic nitrogens is 5. The summed E-state index contributed by atoms with van der Waals surface area (Å²) in [6, 6.07) is 7.64. The zero-order valence-corrected chi connectivity index (χ0v) is 16.0. The van der Waals surface area contributed by atoms with Gasteiger partial charge in [-0.3, -0.25) is 9.89 Å². The van der Waals surface area contributed by atoms with Crippen molar-refractivity contribution >= 4 is 18.1 Å². The lowest BCUT2D eigenvalue weighted by Gasteiger charge is -2.32. The first kappa shape index (κ1) is 17.7. The summed E-state index contributed by atoms with van der Waals surface area (Å²) in [6.07, 6.45) is 7.34. The Morgan fingerprint density at radius 3 is 2.85 bits per heavy atom. The molecule has 8 heteroatoms. The molecule has 1 aromatic carbocycles.